The number of imidazole rings is 1. The summed E-state index contributed by atoms with van der Waals surface area (Å²) in [4.78, 5) is 18.6. The number of nitrogen functional groups attached to an aromatic ring is 1. The number of nitrogens with zero attached hydrogens (tertiary/aromatic N) is 3. The van der Waals surface area contributed by atoms with E-state index >= 15 is 0 Å². The Balaban J connectivity index is 2.03. The lowest BCUT2D eigenvalue weighted by Crippen LogP contribution is -2.30. The van der Waals surface area contributed by atoms with Gasteiger partial charge in [-0.1, -0.05) is 0 Å². The van der Waals surface area contributed by atoms with Crippen LogP contribution in [0.3, 0.4) is 0 Å². The SMILES string of the molecule is CCN(C)C(=O)Cn1c(C2CC2)nc2cc(N)ccc21. The molecule has 1 aliphatic carbocycles. The smallest absolute Gasteiger partial charge is 0.242 e. The molecule has 1 aromatic carbocycles. The van der Waals surface area contributed by atoms with Gasteiger partial charge in [0.15, 0.2) is 0 Å². The van der Waals surface area contributed by atoms with Crippen molar-refractivity contribution in [1.29, 1.82) is 0 Å². The van der Waals surface area contributed by atoms with Gasteiger partial charge in [-0.2, -0.15) is 0 Å². The zero-order valence-corrected chi connectivity index (χ0v) is 12.0. The largest absolute Gasteiger partial charge is 0.399 e. The molecule has 0 atom stereocenters. The highest BCUT2D eigenvalue weighted by Gasteiger charge is 2.30. The molecule has 0 spiro atoms. The van der Waals surface area contributed by atoms with Crippen LogP contribution in [-0.4, -0.2) is 34.0 Å². The predicted octanol–water partition coefficient (Wildman–Crippen LogP) is 1.97. The van der Waals surface area contributed by atoms with Gasteiger partial charge in [0, 0.05) is 25.2 Å². The Morgan fingerprint density at radius 3 is 2.90 bits per heavy atom. The number of carbonyl (C=O) groups is 1. The van der Waals surface area contributed by atoms with Gasteiger partial charge in [0.1, 0.15) is 12.4 Å². The van der Waals surface area contributed by atoms with Gasteiger partial charge in [0.2, 0.25) is 5.91 Å². The van der Waals surface area contributed by atoms with Gasteiger partial charge in [-0.05, 0) is 38.0 Å². The molecule has 0 bridgehead atoms. The van der Waals surface area contributed by atoms with Crippen LogP contribution < -0.4 is 5.73 Å². The Bertz CT molecular complexity index is 657. The summed E-state index contributed by atoms with van der Waals surface area (Å²) in [6, 6.07) is 5.71. The van der Waals surface area contributed by atoms with Gasteiger partial charge in [-0.3, -0.25) is 4.79 Å². The van der Waals surface area contributed by atoms with Crippen molar-refractivity contribution in [1.82, 2.24) is 14.5 Å². The summed E-state index contributed by atoms with van der Waals surface area (Å²) < 4.78 is 2.06. The van der Waals surface area contributed by atoms with Gasteiger partial charge >= 0.3 is 0 Å². The van der Waals surface area contributed by atoms with Crippen molar-refractivity contribution in [2.75, 3.05) is 19.3 Å². The molecule has 0 saturated heterocycles. The number of rotatable bonds is 4. The molecule has 1 aliphatic rings. The molecule has 106 valence electrons. The Kier molecular flexibility index (Phi) is 3.12. The zero-order chi connectivity index (χ0) is 14.3. The number of nitrogens with two attached hydrogens (primary N) is 1. The molecule has 1 aromatic heterocycles. The first kappa shape index (κ1) is 13.0. The van der Waals surface area contributed by atoms with Crippen molar-refractivity contribution in [2.45, 2.75) is 32.2 Å². The topological polar surface area (TPSA) is 64.2 Å². The summed E-state index contributed by atoms with van der Waals surface area (Å²) in [5, 5.41) is 0. The van der Waals surface area contributed by atoms with Crippen LogP contribution in [0.4, 0.5) is 5.69 Å². The Labute approximate surface area is 118 Å². The van der Waals surface area contributed by atoms with Crippen LogP contribution in [0.2, 0.25) is 0 Å². The summed E-state index contributed by atoms with van der Waals surface area (Å²) in [6.07, 6.45) is 2.33. The van der Waals surface area contributed by atoms with Crippen molar-refractivity contribution >= 4 is 22.6 Å². The number of likely N-dealkylation sites (N-methyl/N-ethyl adjacent to an activating group) is 1. The van der Waals surface area contributed by atoms with Crippen LogP contribution in [0.1, 0.15) is 31.5 Å². The van der Waals surface area contributed by atoms with Crippen LogP contribution in [0.5, 0.6) is 0 Å². The number of carbonyl (C=O) groups excluding carboxylic acids is 1. The molecular weight excluding hydrogens is 252 g/mol. The summed E-state index contributed by atoms with van der Waals surface area (Å²) in [6.45, 7) is 3.06. The van der Waals surface area contributed by atoms with Crippen LogP contribution in [-0.2, 0) is 11.3 Å². The van der Waals surface area contributed by atoms with Gasteiger partial charge in [-0.15, -0.1) is 0 Å². The molecule has 1 amide bonds. The molecule has 0 radical (unpaired) electrons. The quantitative estimate of drug-likeness (QED) is 0.865. The fourth-order valence-electron chi connectivity index (χ4n) is 2.42. The second kappa shape index (κ2) is 4.81. The van der Waals surface area contributed by atoms with Gasteiger partial charge < -0.3 is 15.2 Å². The van der Waals surface area contributed by atoms with Crippen LogP contribution >= 0.6 is 0 Å². The number of benzene rings is 1. The number of aromatic nitrogens is 2. The molecule has 2 N–H and O–H groups in total. The Hall–Kier alpha value is -2.04. The van der Waals surface area contributed by atoms with E-state index in [0.717, 1.165) is 36.2 Å². The molecular formula is C15H20N4O. The second-order valence-electron chi connectivity index (χ2n) is 5.49. The molecule has 2 aromatic rings. The van der Waals surface area contributed by atoms with Crippen molar-refractivity contribution in [3.63, 3.8) is 0 Å². The summed E-state index contributed by atoms with van der Waals surface area (Å²) in [5.41, 5.74) is 8.42. The van der Waals surface area contributed by atoms with Crippen LogP contribution in [0, 0.1) is 0 Å². The maximum absolute atomic E-state index is 12.2. The fraction of sp³-hybridized carbons (Fsp3) is 0.467. The van der Waals surface area contributed by atoms with E-state index in [9.17, 15) is 4.79 Å². The predicted molar refractivity (Wildman–Crippen MR) is 79.4 cm³/mol. The fourth-order valence-corrected chi connectivity index (χ4v) is 2.42. The van der Waals surface area contributed by atoms with Gasteiger partial charge in [-0.25, -0.2) is 4.98 Å². The highest BCUT2D eigenvalue weighted by molar-refractivity contribution is 5.83. The first-order chi connectivity index (χ1) is 9.60. The third-order valence-electron chi connectivity index (χ3n) is 3.94. The second-order valence-corrected chi connectivity index (χ2v) is 5.49. The first-order valence-corrected chi connectivity index (χ1v) is 7.09. The molecule has 1 heterocycles. The lowest BCUT2D eigenvalue weighted by Gasteiger charge is -2.16. The van der Waals surface area contributed by atoms with Gasteiger partial charge in [0.25, 0.3) is 0 Å². The third kappa shape index (κ3) is 2.24. The number of anilines is 1. The summed E-state index contributed by atoms with van der Waals surface area (Å²) >= 11 is 0. The molecule has 5 nitrogen and oxygen atoms in total. The molecule has 1 saturated carbocycles. The van der Waals surface area contributed by atoms with Crippen LogP contribution in [0.25, 0.3) is 11.0 Å². The minimum absolute atomic E-state index is 0.116. The van der Waals surface area contributed by atoms with Crippen molar-refractivity contribution in [2.24, 2.45) is 0 Å². The standard InChI is InChI=1S/C15H20N4O/c1-3-18(2)14(20)9-19-13-7-6-11(16)8-12(13)17-15(19)10-4-5-10/h6-8,10H,3-5,9,16H2,1-2H3. The van der Waals surface area contributed by atoms with E-state index in [0.29, 0.717) is 18.2 Å². The number of hydrogen-bond donors (Lipinski definition) is 1. The van der Waals surface area contributed by atoms with E-state index in [-0.39, 0.29) is 5.91 Å². The number of amides is 1. The third-order valence-corrected chi connectivity index (χ3v) is 3.94. The molecule has 5 heteroatoms. The molecule has 20 heavy (non-hydrogen) atoms. The maximum atomic E-state index is 12.2. The Morgan fingerprint density at radius 2 is 2.25 bits per heavy atom. The summed E-state index contributed by atoms with van der Waals surface area (Å²) in [7, 11) is 1.83. The molecule has 1 fully saturated rings. The van der Waals surface area contributed by atoms with Crippen molar-refractivity contribution in [3.05, 3.63) is 24.0 Å². The highest BCUT2D eigenvalue weighted by Crippen LogP contribution is 2.40. The van der Waals surface area contributed by atoms with E-state index in [4.69, 9.17) is 5.73 Å². The van der Waals surface area contributed by atoms with E-state index in [1.54, 1.807) is 4.90 Å². The van der Waals surface area contributed by atoms with Crippen molar-refractivity contribution in [3.8, 4) is 0 Å². The van der Waals surface area contributed by atoms with E-state index in [2.05, 4.69) is 9.55 Å². The van der Waals surface area contributed by atoms with E-state index in [1.165, 1.54) is 0 Å². The molecule has 0 unspecified atom stereocenters. The van der Waals surface area contributed by atoms with E-state index in [1.807, 2.05) is 32.2 Å². The minimum atomic E-state index is 0.116. The van der Waals surface area contributed by atoms with Crippen molar-refractivity contribution < 1.29 is 4.79 Å². The highest BCUT2D eigenvalue weighted by atomic mass is 16.2. The number of hydrogen-bond acceptors (Lipinski definition) is 3. The monoisotopic (exact) mass is 272 g/mol. The zero-order valence-electron chi connectivity index (χ0n) is 12.0. The lowest BCUT2D eigenvalue weighted by atomic mass is 10.3. The number of fused-ring (bicyclic) bond motifs is 1. The molecule has 0 aliphatic heterocycles. The first-order valence-electron chi connectivity index (χ1n) is 7.09. The van der Waals surface area contributed by atoms with Gasteiger partial charge in [0.05, 0.1) is 11.0 Å². The minimum Gasteiger partial charge on any atom is -0.399 e. The molecule has 3 rings (SSSR count). The average molecular weight is 272 g/mol. The van der Waals surface area contributed by atoms with Crippen LogP contribution in [0.15, 0.2) is 18.2 Å². The summed E-state index contributed by atoms with van der Waals surface area (Å²) in [5.74, 6) is 1.65. The average Bonchev–Trinajstić information content (AvgIpc) is 3.22. The maximum Gasteiger partial charge on any atom is 0.242 e. The lowest BCUT2D eigenvalue weighted by molar-refractivity contribution is -0.130. The Morgan fingerprint density at radius 1 is 1.50 bits per heavy atom. The normalized spacial score (nSPS) is 14.7. The van der Waals surface area contributed by atoms with E-state index < -0.39 is 0 Å².